The molecule has 4 heteroatoms. The third kappa shape index (κ3) is 3.57. The smallest absolute Gasteiger partial charge is 0.124 e. The van der Waals surface area contributed by atoms with Crippen LogP contribution in [0.1, 0.15) is 24.0 Å². The molecule has 0 aromatic heterocycles. The van der Waals surface area contributed by atoms with E-state index in [1.54, 1.807) is 7.11 Å². The summed E-state index contributed by atoms with van der Waals surface area (Å²) in [6.45, 7) is 4.91. The van der Waals surface area contributed by atoms with Gasteiger partial charge in [0.2, 0.25) is 0 Å². The molecule has 0 aliphatic carbocycles. The summed E-state index contributed by atoms with van der Waals surface area (Å²) in [5.41, 5.74) is 2.41. The van der Waals surface area contributed by atoms with Gasteiger partial charge in [-0.1, -0.05) is 36.4 Å². The highest BCUT2D eigenvalue weighted by molar-refractivity contribution is 5.36. The van der Waals surface area contributed by atoms with E-state index >= 15 is 0 Å². The van der Waals surface area contributed by atoms with Crippen LogP contribution >= 0.6 is 0 Å². The number of likely N-dealkylation sites (tertiary alicyclic amines) is 1. The summed E-state index contributed by atoms with van der Waals surface area (Å²) in [5.74, 6) is 2.02. The number of fused-ring (bicyclic) bond motifs is 1. The fourth-order valence-corrected chi connectivity index (χ4v) is 4.18. The van der Waals surface area contributed by atoms with Crippen molar-refractivity contribution < 1.29 is 9.47 Å². The summed E-state index contributed by atoms with van der Waals surface area (Å²) in [4.78, 5) is 4.92. The second kappa shape index (κ2) is 7.29. The van der Waals surface area contributed by atoms with Gasteiger partial charge in [0.25, 0.3) is 0 Å². The maximum absolute atomic E-state index is 6.66. The molecule has 4 rings (SSSR count). The van der Waals surface area contributed by atoms with Gasteiger partial charge in [-0.05, 0) is 19.2 Å². The number of methoxy groups -OCH3 is 1. The lowest BCUT2D eigenvalue weighted by Gasteiger charge is -2.42. The van der Waals surface area contributed by atoms with Crippen LogP contribution in [0, 0.1) is 0 Å². The zero-order chi connectivity index (χ0) is 18.0. The lowest BCUT2D eigenvalue weighted by Crippen LogP contribution is -2.52. The molecular weight excluding hydrogens is 324 g/mol. The van der Waals surface area contributed by atoms with E-state index in [1.165, 1.54) is 11.1 Å². The minimum Gasteiger partial charge on any atom is -0.496 e. The molecule has 26 heavy (non-hydrogen) atoms. The Hall–Kier alpha value is -2.04. The molecule has 0 bridgehead atoms. The van der Waals surface area contributed by atoms with Crippen LogP contribution in [0.25, 0.3) is 0 Å². The normalized spacial score (nSPS) is 20.2. The molecule has 2 aliphatic heterocycles. The minimum atomic E-state index is -0.0961. The lowest BCUT2D eigenvalue weighted by molar-refractivity contribution is -0.0147. The molecule has 2 aromatic rings. The number of piperidine rings is 1. The van der Waals surface area contributed by atoms with E-state index < -0.39 is 0 Å². The number of para-hydroxylation sites is 2. The molecule has 2 aromatic carbocycles. The SMILES string of the molecule is COc1ccccc1CN1Cc2ccccc2OC2(CCN(C)CC2)C1. The summed E-state index contributed by atoms with van der Waals surface area (Å²) >= 11 is 0. The molecule has 1 spiro atoms. The Morgan fingerprint density at radius 1 is 1.04 bits per heavy atom. The van der Waals surface area contributed by atoms with E-state index in [2.05, 4.69) is 53.2 Å². The van der Waals surface area contributed by atoms with Crippen molar-refractivity contribution in [2.24, 2.45) is 0 Å². The Kier molecular flexibility index (Phi) is 4.88. The van der Waals surface area contributed by atoms with Gasteiger partial charge in [-0.3, -0.25) is 4.90 Å². The number of hydrogen-bond acceptors (Lipinski definition) is 4. The summed E-state index contributed by atoms with van der Waals surface area (Å²) < 4.78 is 12.2. The van der Waals surface area contributed by atoms with Gasteiger partial charge in [-0.15, -0.1) is 0 Å². The molecule has 0 unspecified atom stereocenters. The summed E-state index contributed by atoms with van der Waals surface area (Å²) in [6, 6.07) is 16.8. The molecular formula is C22H28N2O2. The highest BCUT2D eigenvalue weighted by atomic mass is 16.5. The average Bonchev–Trinajstić information content (AvgIpc) is 2.81. The van der Waals surface area contributed by atoms with E-state index in [0.29, 0.717) is 0 Å². The monoisotopic (exact) mass is 352 g/mol. The van der Waals surface area contributed by atoms with E-state index in [-0.39, 0.29) is 5.60 Å². The fourth-order valence-electron chi connectivity index (χ4n) is 4.18. The number of benzene rings is 2. The highest BCUT2D eigenvalue weighted by Gasteiger charge is 2.40. The Morgan fingerprint density at radius 2 is 1.77 bits per heavy atom. The zero-order valence-electron chi connectivity index (χ0n) is 15.8. The van der Waals surface area contributed by atoms with E-state index in [0.717, 1.165) is 57.1 Å². The van der Waals surface area contributed by atoms with Gasteiger partial charge >= 0.3 is 0 Å². The van der Waals surface area contributed by atoms with Gasteiger partial charge in [-0.25, -0.2) is 0 Å². The number of ether oxygens (including phenoxy) is 2. The quantitative estimate of drug-likeness (QED) is 0.843. The summed E-state index contributed by atoms with van der Waals surface area (Å²) in [5, 5.41) is 0. The van der Waals surface area contributed by atoms with Crippen molar-refractivity contribution in [2.45, 2.75) is 31.5 Å². The second-order valence-electron chi connectivity index (χ2n) is 7.65. The number of nitrogens with zero attached hydrogens (tertiary/aromatic N) is 2. The Morgan fingerprint density at radius 3 is 2.58 bits per heavy atom. The van der Waals surface area contributed by atoms with Crippen molar-refractivity contribution in [3.05, 3.63) is 59.7 Å². The molecule has 0 radical (unpaired) electrons. The third-order valence-corrected chi connectivity index (χ3v) is 5.69. The van der Waals surface area contributed by atoms with Crippen LogP contribution in [0.5, 0.6) is 11.5 Å². The molecule has 2 aliphatic rings. The van der Waals surface area contributed by atoms with Crippen LogP contribution in [-0.4, -0.2) is 49.2 Å². The van der Waals surface area contributed by atoms with Crippen LogP contribution in [0.2, 0.25) is 0 Å². The predicted octanol–water partition coefficient (Wildman–Crippen LogP) is 3.55. The Bertz CT molecular complexity index is 753. The first-order chi connectivity index (χ1) is 12.7. The molecule has 4 nitrogen and oxygen atoms in total. The van der Waals surface area contributed by atoms with Crippen molar-refractivity contribution in [2.75, 3.05) is 33.8 Å². The highest BCUT2D eigenvalue weighted by Crippen LogP contribution is 2.36. The third-order valence-electron chi connectivity index (χ3n) is 5.69. The van der Waals surface area contributed by atoms with Gasteiger partial charge in [0.05, 0.1) is 7.11 Å². The van der Waals surface area contributed by atoms with Gasteiger partial charge in [-0.2, -0.15) is 0 Å². The number of hydrogen-bond donors (Lipinski definition) is 0. The van der Waals surface area contributed by atoms with Crippen LogP contribution in [0.3, 0.4) is 0 Å². The van der Waals surface area contributed by atoms with Crippen LogP contribution in [0.4, 0.5) is 0 Å². The predicted molar refractivity (Wildman–Crippen MR) is 104 cm³/mol. The van der Waals surface area contributed by atoms with Crippen molar-refractivity contribution in [1.29, 1.82) is 0 Å². The molecule has 2 heterocycles. The summed E-state index contributed by atoms with van der Waals surface area (Å²) in [7, 11) is 3.95. The molecule has 1 fully saturated rings. The largest absolute Gasteiger partial charge is 0.496 e. The summed E-state index contributed by atoms with van der Waals surface area (Å²) in [6.07, 6.45) is 2.14. The minimum absolute atomic E-state index is 0.0961. The molecule has 0 amide bonds. The first-order valence-electron chi connectivity index (χ1n) is 9.47. The van der Waals surface area contributed by atoms with Gasteiger partial charge < -0.3 is 14.4 Å². The molecule has 0 N–H and O–H groups in total. The zero-order valence-corrected chi connectivity index (χ0v) is 15.8. The van der Waals surface area contributed by atoms with Crippen molar-refractivity contribution >= 4 is 0 Å². The lowest BCUT2D eigenvalue weighted by atomic mass is 9.90. The van der Waals surface area contributed by atoms with Crippen LogP contribution in [0.15, 0.2) is 48.5 Å². The Balaban J connectivity index is 1.64. The van der Waals surface area contributed by atoms with Gasteiger partial charge in [0.1, 0.15) is 17.1 Å². The van der Waals surface area contributed by atoms with Gasteiger partial charge in [0, 0.05) is 56.7 Å². The van der Waals surface area contributed by atoms with Crippen LogP contribution < -0.4 is 9.47 Å². The topological polar surface area (TPSA) is 24.9 Å². The maximum Gasteiger partial charge on any atom is 0.124 e. The molecule has 1 saturated heterocycles. The standard InChI is InChI=1S/C22H28N2O2/c1-23-13-11-22(12-14-23)17-24(15-18-7-3-5-9-20(18)25-2)16-19-8-4-6-10-21(19)26-22/h3-10H,11-17H2,1-2H3. The van der Waals surface area contributed by atoms with E-state index in [9.17, 15) is 0 Å². The molecule has 138 valence electrons. The first-order valence-corrected chi connectivity index (χ1v) is 9.47. The van der Waals surface area contributed by atoms with Crippen molar-refractivity contribution in [1.82, 2.24) is 9.80 Å². The van der Waals surface area contributed by atoms with E-state index in [4.69, 9.17) is 9.47 Å². The fraction of sp³-hybridized carbons (Fsp3) is 0.455. The van der Waals surface area contributed by atoms with Gasteiger partial charge in [0.15, 0.2) is 0 Å². The second-order valence-corrected chi connectivity index (χ2v) is 7.65. The molecule has 0 atom stereocenters. The first kappa shape index (κ1) is 17.4. The van der Waals surface area contributed by atoms with Crippen molar-refractivity contribution in [3.63, 3.8) is 0 Å². The van der Waals surface area contributed by atoms with Crippen LogP contribution in [-0.2, 0) is 13.1 Å². The molecule has 0 saturated carbocycles. The van der Waals surface area contributed by atoms with Crippen molar-refractivity contribution in [3.8, 4) is 11.5 Å². The Labute approximate surface area is 156 Å². The average molecular weight is 352 g/mol. The number of rotatable bonds is 3. The van der Waals surface area contributed by atoms with E-state index in [1.807, 2.05) is 12.1 Å². The maximum atomic E-state index is 6.66.